The van der Waals surface area contributed by atoms with E-state index in [2.05, 4.69) is 30.0 Å². The molecule has 7 nitrogen and oxygen atoms in total. The minimum absolute atomic E-state index is 0.123. The number of rotatable bonds is 4. The van der Waals surface area contributed by atoms with E-state index in [1.54, 1.807) is 13.8 Å². The standard InChI is InChI=1S/C11H10BrN3O4S2/c1-5-8(12)3-7(10(16)17)4-9(5)21(18,19)15-11-13-6(2)14-20-11/h3-4H,1-2H3,(H,16,17)(H,13,14,15). The van der Waals surface area contributed by atoms with Gasteiger partial charge < -0.3 is 5.11 Å². The number of anilines is 1. The molecule has 0 spiro atoms. The Morgan fingerprint density at radius 1 is 1.38 bits per heavy atom. The number of aryl methyl sites for hydroxylation is 1. The van der Waals surface area contributed by atoms with Gasteiger partial charge in [-0.2, -0.15) is 4.37 Å². The summed E-state index contributed by atoms with van der Waals surface area (Å²) in [6, 6.07) is 2.46. The fourth-order valence-corrected chi connectivity index (χ4v) is 4.25. The lowest BCUT2D eigenvalue weighted by Gasteiger charge is -2.10. The van der Waals surface area contributed by atoms with Gasteiger partial charge in [0.1, 0.15) is 5.82 Å². The second-order valence-electron chi connectivity index (χ2n) is 4.14. The molecule has 0 saturated heterocycles. The van der Waals surface area contributed by atoms with E-state index < -0.39 is 16.0 Å². The average molecular weight is 392 g/mol. The van der Waals surface area contributed by atoms with E-state index in [1.165, 1.54) is 6.07 Å². The van der Waals surface area contributed by atoms with Gasteiger partial charge in [0.05, 0.1) is 10.5 Å². The summed E-state index contributed by atoms with van der Waals surface area (Å²) in [5, 5.41) is 9.16. The van der Waals surface area contributed by atoms with Crippen LogP contribution in [0.1, 0.15) is 21.7 Å². The van der Waals surface area contributed by atoms with E-state index in [0.717, 1.165) is 17.6 Å². The molecule has 0 atom stereocenters. The summed E-state index contributed by atoms with van der Waals surface area (Å²) in [4.78, 5) is 14.8. The monoisotopic (exact) mass is 391 g/mol. The van der Waals surface area contributed by atoms with Crippen molar-refractivity contribution in [3.63, 3.8) is 0 Å². The summed E-state index contributed by atoms with van der Waals surface area (Å²) >= 11 is 4.08. The van der Waals surface area contributed by atoms with Crippen LogP contribution >= 0.6 is 27.5 Å². The number of nitrogens with one attached hydrogen (secondary N) is 1. The molecule has 0 aliphatic heterocycles. The molecule has 1 heterocycles. The van der Waals surface area contributed by atoms with E-state index in [9.17, 15) is 13.2 Å². The van der Waals surface area contributed by atoms with E-state index in [0.29, 0.717) is 15.9 Å². The van der Waals surface area contributed by atoms with E-state index in [1.807, 2.05) is 0 Å². The van der Waals surface area contributed by atoms with Crippen LogP contribution in [0.3, 0.4) is 0 Å². The fraction of sp³-hybridized carbons (Fsp3) is 0.182. The minimum atomic E-state index is -3.94. The first-order valence-corrected chi connectivity index (χ1v) is 8.62. The van der Waals surface area contributed by atoms with Gasteiger partial charge in [0.15, 0.2) is 0 Å². The lowest BCUT2D eigenvalue weighted by molar-refractivity contribution is 0.0696. The third-order valence-electron chi connectivity index (χ3n) is 2.58. The molecule has 0 fully saturated rings. The van der Waals surface area contributed by atoms with Crippen LogP contribution in [0.15, 0.2) is 21.5 Å². The minimum Gasteiger partial charge on any atom is -0.478 e. The predicted molar refractivity (Wildman–Crippen MR) is 81.3 cm³/mol. The molecule has 2 N–H and O–H groups in total. The van der Waals surface area contributed by atoms with Crippen molar-refractivity contribution in [2.75, 3.05) is 4.72 Å². The Morgan fingerprint density at radius 2 is 2.05 bits per heavy atom. The molecule has 21 heavy (non-hydrogen) atoms. The first kappa shape index (κ1) is 15.9. The van der Waals surface area contributed by atoms with Gasteiger partial charge >= 0.3 is 5.97 Å². The number of aromatic nitrogens is 2. The largest absolute Gasteiger partial charge is 0.478 e. The highest BCUT2D eigenvalue weighted by atomic mass is 79.9. The molecule has 10 heteroatoms. The zero-order valence-electron chi connectivity index (χ0n) is 10.9. The summed E-state index contributed by atoms with van der Waals surface area (Å²) in [6.07, 6.45) is 0. The number of sulfonamides is 1. The molecule has 0 unspecified atom stereocenters. The van der Waals surface area contributed by atoms with Gasteiger partial charge in [-0.15, -0.1) is 0 Å². The molecule has 2 rings (SSSR count). The van der Waals surface area contributed by atoms with Gasteiger partial charge in [-0.25, -0.2) is 18.2 Å². The molecule has 0 amide bonds. The summed E-state index contributed by atoms with van der Waals surface area (Å²) in [6.45, 7) is 3.22. The van der Waals surface area contributed by atoms with Gasteiger partial charge in [-0.05, 0) is 31.5 Å². The van der Waals surface area contributed by atoms with Crippen molar-refractivity contribution < 1.29 is 18.3 Å². The molecule has 1 aromatic heterocycles. The second kappa shape index (κ2) is 5.70. The van der Waals surface area contributed by atoms with E-state index in [-0.39, 0.29) is 15.6 Å². The number of benzene rings is 1. The molecule has 0 saturated carbocycles. The molecule has 0 aliphatic rings. The normalized spacial score (nSPS) is 11.4. The maximum absolute atomic E-state index is 12.4. The molecule has 0 aliphatic carbocycles. The Morgan fingerprint density at radius 3 is 2.57 bits per heavy atom. The highest BCUT2D eigenvalue weighted by Gasteiger charge is 2.22. The third kappa shape index (κ3) is 3.39. The van der Waals surface area contributed by atoms with Crippen LogP contribution in [-0.4, -0.2) is 28.9 Å². The second-order valence-corrected chi connectivity index (χ2v) is 7.40. The predicted octanol–water partition coefficient (Wildman–Crippen LogP) is 2.42. The van der Waals surface area contributed by atoms with Gasteiger partial charge in [0.25, 0.3) is 10.0 Å². The Hall–Kier alpha value is -1.52. The third-order valence-corrected chi connectivity index (χ3v) is 5.72. The lowest BCUT2D eigenvalue weighted by Crippen LogP contribution is -2.15. The number of hydrogen-bond donors (Lipinski definition) is 2. The van der Waals surface area contributed by atoms with Crippen LogP contribution in [0.25, 0.3) is 0 Å². The maximum atomic E-state index is 12.4. The summed E-state index contributed by atoms with van der Waals surface area (Å²) in [5.74, 6) is -0.756. The van der Waals surface area contributed by atoms with Crippen LogP contribution in [0.4, 0.5) is 5.13 Å². The summed E-state index contributed by atoms with van der Waals surface area (Å²) in [5.41, 5.74) is 0.287. The maximum Gasteiger partial charge on any atom is 0.335 e. The Bertz CT molecular complexity index is 817. The lowest BCUT2D eigenvalue weighted by atomic mass is 10.1. The number of aromatic carboxylic acids is 1. The Kier molecular flexibility index (Phi) is 4.30. The van der Waals surface area contributed by atoms with Gasteiger partial charge in [-0.1, -0.05) is 15.9 Å². The molecule has 112 valence electrons. The van der Waals surface area contributed by atoms with Crippen LogP contribution in [0.2, 0.25) is 0 Å². The summed E-state index contributed by atoms with van der Waals surface area (Å²) in [7, 11) is -3.94. The molecular formula is C11H10BrN3O4S2. The van der Waals surface area contributed by atoms with Crippen molar-refractivity contribution in [2.45, 2.75) is 18.7 Å². The first-order valence-electron chi connectivity index (χ1n) is 5.57. The Balaban J connectivity index is 2.51. The van der Waals surface area contributed by atoms with Crippen molar-refractivity contribution in [2.24, 2.45) is 0 Å². The highest BCUT2D eigenvalue weighted by Crippen LogP contribution is 2.27. The topological polar surface area (TPSA) is 109 Å². The molecule has 0 bridgehead atoms. The highest BCUT2D eigenvalue weighted by molar-refractivity contribution is 9.10. The van der Waals surface area contributed by atoms with Crippen molar-refractivity contribution in [3.05, 3.63) is 33.6 Å². The number of carbonyl (C=O) groups is 1. The zero-order chi connectivity index (χ0) is 15.8. The van der Waals surface area contributed by atoms with Crippen molar-refractivity contribution >= 4 is 48.6 Å². The number of halogens is 1. The van der Waals surface area contributed by atoms with Crippen LogP contribution in [-0.2, 0) is 10.0 Å². The van der Waals surface area contributed by atoms with Crippen molar-refractivity contribution in [1.29, 1.82) is 0 Å². The van der Waals surface area contributed by atoms with E-state index >= 15 is 0 Å². The first-order chi connectivity index (χ1) is 9.70. The average Bonchev–Trinajstić information content (AvgIpc) is 2.76. The zero-order valence-corrected chi connectivity index (χ0v) is 14.1. The summed E-state index contributed by atoms with van der Waals surface area (Å²) < 4.78 is 31.3. The van der Waals surface area contributed by atoms with Gasteiger partial charge in [0.2, 0.25) is 5.13 Å². The van der Waals surface area contributed by atoms with Crippen LogP contribution in [0.5, 0.6) is 0 Å². The van der Waals surface area contributed by atoms with Crippen molar-refractivity contribution in [3.8, 4) is 0 Å². The number of nitrogens with zero attached hydrogens (tertiary/aromatic N) is 2. The Labute approximate surface area is 133 Å². The van der Waals surface area contributed by atoms with Gasteiger partial charge in [-0.3, -0.25) is 4.72 Å². The number of carboxylic acid groups (broad SMARTS) is 1. The fourth-order valence-electron chi connectivity index (χ4n) is 1.56. The molecule has 2 aromatic rings. The number of carboxylic acids is 1. The van der Waals surface area contributed by atoms with Gasteiger partial charge in [0, 0.05) is 16.0 Å². The number of hydrogen-bond acceptors (Lipinski definition) is 6. The smallest absolute Gasteiger partial charge is 0.335 e. The van der Waals surface area contributed by atoms with Crippen molar-refractivity contribution in [1.82, 2.24) is 9.36 Å². The van der Waals surface area contributed by atoms with Crippen LogP contribution < -0.4 is 4.72 Å². The van der Waals surface area contributed by atoms with Crippen LogP contribution in [0, 0.1) is 13.8 Å². The molecule has 0 radical (unpaired) electrons. The molecule has 1 aromatic carbocycles. The molecular weight excluding hydrogens is 382 g/mol. The SMILES string of the molecule is Cc1nsc(NS(=O)(=O)c2cc(C(=O)O)cc(Br)c2C)n1. The quantitative estimate of drug-likeness (QED) is 0.827. The van der Waals surface area contributed by atoms with E-state index in [4.69, 9.17) is 5.11 Å².